The lowest BCUT2D eigenvalue weighted by atomic mass is 10.2. The molecule has 0 atom stereocenters. The normalized spacial score (nSPS) is 10.4. The van der Waals surface area contributed by atoms with Crippen LogP contribution in [0.3, 0.4) is 0 Å². The predicted octanol–water partition coefficient (Wildman–Crippen LogP) is 2.11. The number of ketones is 1. The van der Waals surface area contributed by atoms with E-state index in [4.69, 9.17) is 9.47 Å². The van der Waals surface area contributed by atoms with Gasteiger partial charge in [0, 0.05) is 0 Å². The predicted molar refractivity (Wildman–Crippen MR) is 67.0 cm³/mol. The van der Waals surface area contributed by atoms with Crippen LogP contribution < -0.4 is 0 Å². The molecule has 0 saturated heterocycles. The number of hydrogen-bond donors (Lipinski definition) is 0. The molecule has 0 N–H and O–H groups in total. The third kappa shape index (κ3) is 6.15. The monoisotopic (exact) mass is 250 g/mol. The molecule has 0 radical (unpaired) electrons. The zero-order valence-electron chi connectivity index (χ0n) is 10.7. The minimum Gasteiger partial charge on any atom is -0.463 e. The molecule has 0 aliphatic rings. The van der Waals surface area contributed by atoms with Crippen molar-refractivity contribution < 1.29 is 19.1 Å². The van der Waals surface area contributed by atoms with Crippen molar-refractivity contribution in [2.24, 2.45) is 0 Å². The fraction of sp³-hybridized carbons (Fsp3) is 0.429. The highest BCUT2D eigenvalue weighted by Crippen LogP contribution is 2.01. The van der Waals surface area contributed by atoms with Gasteiger partial charge in [0.25, 0.3) is 0 Å². The molecular formula is C14H18O4. The summed E-state index contributed by atoms with van der Waals surface area (Å²) in [6.45, 7) is 3.79. The van der Waals surface area contributed by atoms with Gasteiger partial charge in [-0.15, -0.1) is 0 Å². The van der Waals surface area contributed by atoms with E-state index in [-0.39, 0.29) is 24.9 Å². The first-order valence-electron chi connectivity index (χ1n) is 5.91. The van der Waals surface area contributed by atoms with Gasteiger partial charge in [-0.25, -0.2) is 0 Å². The van der Waals surface area contributed by atoms with Crippen LogP contribution in [0, 0.1) is 0 Å². The van der Waals surface area contributed by atoms with Crippen LogP contribution in [0.15, 0.2) is 30.3 Å². The van der Waals surface area contributed by atoms with Crippen LogP contribution in [0.1, 0.15) is 25.8 Å². The molecule has 4 nitrogen and oxygen atoms in total. The Morgan fingerprint density at radius 3 is 2.44 bits per heavy atom. The summed E-state index contributed by atoms with van der Waals surface area (Å²) < 4.78 is 10.1. The van der Waals surface area contributed by atoms with Gasteiger partial charge in [-0.05, 0) is 19.4 Å². The Labute approximate surface area is 107 Å². The standard InChI is InChI=1S/C14H18O4/c1-11(2)18-14(16)8-13(15)10-17-9-12-6-4-3-5-7-12/h3-7,11H,8-10H2,1-2H3. The van der Waals surface area contributed by atoms with Crippen LogP contribution in [0.5, 0.6) is 0 Å². The van der Waals surface area contributed by atoms with Crippen LogP contribution in [-0.2, 0) is 25.7 Å². The Balaban J connectivity index is 2.19. The number of ether oxygens (including phenoxy) is 2. The maximum atomic E-state index is 11.4. The van der Waals surface area contributed by atoms with E-state index in [0.29, 0.717) is 6.61 Å². The number of esters is 1. The first-order chi connectivity index (χ1) is 8.58. The average molecular weight is 250 g/mol. The Hall–Kier alpha value is -1.68. The summed E-state index contributed by atoms with van der Waals surface area (Å²) in [7, 11) is 0. The molecule has 0 amide bonds. The molecule has 1 aromatic rings. The van der Waals surface area contributed by atoms with Crippen LogP contribution in [-0.4, -0.2) is 24.5 Å². The van der Waals surface area contributed by atoms with E-state index in [1.807, 2.05) is 30.3 Å². The Morgan fingerprint density at radius 2 is 1.83 bits per heavy atom. The van der Waals surface area contributed by atoms with Gasteiger partial charge in [-0.1, -0.05) is 30.3 Å². The molecule has 18 heavy (non-hydrogen) atoms. The lowest BCUT2D eigenvalue weighted by molar-refractivity contribution is -0.150. The minimum atomic E-state index is -0.502. The molecule has 0 fully saturated rings. The van der Waals surface area contributed by atoms with Gasteiger partial charge in [-0.2, -0.15) is 0 Å². The maximum Gasteiger partial charge on any atom is 0.313 e. The first-order valence-corrected chi connectivity index (χ1v) is 5.91. The smallest absolute Gasteiger partial charge is 0.313 e. The highest BCUT2D eigenvalue weighted by molar-refractivity contribution is 5.96. The van der Waals surface area contributed by atoms with Gasteiger partial charge in [0.15, 0.2) is 5.78 Å². The van der Waals surface area contributed by atoms with Crippen molar-refractivity contribution in [1.82, 2.24) is 0 Å². The van der Waals surface area contributed by atoms with E-state index in [1.165, 1.54) is 0 Å². The van der Waals surface area contributed by atoms with Gasteiger partial charge in [0.1, 0.15) is 13.0 Å². The molecule has 0 saturated carbocycles. The van der Waals surface area contributed by atoms with Crippen molar-refractivity contribution >= 4 is 11.8 Å². The van der Waals surface area contributed by atoms with Gasteiger partial charge in [0.2, 0.25) is 0 Å². The van der Waals surface area contributed by atoms with Crippen molar-refractivity contribution in [3.8, 4) is 0 Å². The molecule has 0 aliphatic carbocycles. The lowest BCUT2D eigenvalue weighted by Crippen LogP contribution is -2.18. The SMILES string of the molecule is CC(C)OC(=O)CC(=O)COCc1ccccc1. The second-order valence-corrected chi connectivity index (χ2v) is 4.23. The number of benzene rings is 1. The Morgan fingerprint density at radius 1 is 1.17 bits per heavy atom. The molecule has 4 heteroatoms. The Bertz CT molecular complexity index is 384. The molecule has 0 aromatic heterocycles. The summed E-state index contributed by atoms with van der Waals surface area (Å²) in [6.07, 6.45) is -0.428. The van der Waals surface area contributed by atoms with Gasteiger partial charge in [-0.3, -0.25) is 9.59 Å². The van der Waals surface area contributed by atoms with Crippen molar-refractivity contribution in [1.29, 1.82) is 0 Å². The van der Waals surface area contributed by atoms with Crippen molar-refractivity contribution in [2.45, 2.75) is 33.0 Å². The number of carbonyl (C=O) groups excluding carboxylic acids is 2. The Kier molecular flexibility index (Phi) is 6.08. The van der Waals surface area contributed by atoms with Crippen molar-refractivity contribution in [2.75, 3.05) is 6.61 Å². The summed E-state index contributed by atoms with van der Waals surface area (Å²) >= 11 is 0. The van der Waals surface area contributed by atoms with Gasteiger partial charge in [0.05, 0.1) is 12.7 Å². The van der Waals surface area contributed by atoms with E-state index < -0.39 is 5.97 Å². The molecule has 0 bridgehead atoms. The summed E-state index contributed by atoms with van der Waals surface area (Å²) in [6, 6.07) is 9.55. The largest absolute Gasteiger partial charge is 0.463 e. The van der Waals surface area contributed by atoms with Crippen molar-refractivity contribution in [3.63, 3.8) is 0 Å². The zero-order chi connectivity index (χ0) is 13.4. The lowest BCUT2D eigenvalue weighted by Gasteiger charge is -2.07. The minimum absolute atomic E-state index is 0.0674. The zero-order valence-corrected chi connectivity index (χ0v) is 10.7. The van der Waals surface area contributed by atoms with Crippen molar-refractivity contribution in [3.05, 3.63) is 35.9 Å². The fourth-order valence-corrected chi connectivity index (χ4v) is 1.37. The summed E-state index contributed by atoms with van der Waals surface area (Å²) in [5.74, 6) is -0.769. The number of hydrogen-bond acceptors (Lipinski definition) is 4. The van der Waals surface area contributed by atoms with Crippen LogP contribution in [0.4, 0.5) is 0 Å². The molecule has 0 aliphatic heterocycles. The average Bonchev–Trinajstić information content (AvgIpc) is 2.29. The number of rotatable bonds is 7. The van der Waals surface area contributed by atoms with Crippen LogP contribution in [0.2, 0.25) is 0 Å². The summed E-state index contributed by atoms with van der Waals surface area (Å²) in [5.41, 5.74) is 0.995. The van der Waals surface area contributed by atoms with Gasteiger partial charge < -0.3 is 9.47 Å². The van der Waals surface area contributed by atoms with E-state index in [1.54, 1.807) is 13.8 Å². The molecule has 1 rings (SSSR count). The molecule has 1 aromatic carbocycles. The van der Waals surface area contributed by atoms with E-state index in [2.05, 4.69) is 0 Å². The third-order valence-corrected chi connectivity index (χ3v) is 2.08. The maximum absolute atomic E-state index is 11.4. The quantitative estimate of drug-likeness (QED) is 0.549. The summed E-state index contributed by atoms with van der Waals surface area (Å²) in [5, 5.41) is 0. The highest BCUT2D eigenvalue weighted by Gasteiger charge is 2.12. The van der Waals surface area contributed by atoms with Crippen LogP contribution >= 0.6 is 0 Å². The van der Waals surface area contributed by atoms with Gasteiger partial charge >= 0.3 is 5.97 Å². The third-order valence-electron chi connectivity index (χ3n) is 2.08. The molecular weight excluding hydrogens is 232 g/mol. The second-order valence-electron chi connectivity index (χ2n) is 4.23. The molecule has 0 spiro atoms. The highest BCUT2D eigenvalue weighted by atomic mass is 16.5. The fourth-order valence-electron chi connectivity index (χ4n) is 1.37. The first kappa shape index (κ1) is 14.4. The van der Waals surface area contributed by atoms with E-state index >= 15 is 0 Å². The number of Topliss-reactive ketones (excluding diaryl/α,β-unsaturated/α-hetero) is 1. The van der Waals surface area contributed by atoms with Crippen LogP contribution in [0.25, 0.3) is 0 Å². The molecule has 98 valence electrons. The summed E-state index contributed by atoms with van der Waals surface area (Å²) in [4.78, 5) is 22.6. The van der Waals surface area contributed by atoms with E-state index in [0.717, 1.165) is 5.56 Å². The second kappa shape index (κ2) is 7.61. The topological polar surface area (TPSA) is 52.6 Å². The molecule has 0 unspecified atom stereocenters. The number of carbonyl (C=O) groups is 2. The van der Waals surface area contributed by atoms with E-state index in [9.17, 15) is 9.59 Å². The molecule has 0 heterocycles.